The van der Waals surface area contributed by atoms with Gasteiger partial charge in [0.15, 0.2) is 5.69 Å². The number of nitrogens with zero attached hydrogens (tertiary/aromatic N) is 4. The van der Waals surface area contributed by atoms with Crippen LogP contribution in [0.5, 0.6) is 5.75 Å². The van der Waals surface area contributed by atoms with Gasteiger partial charge in [0.2, 0.25) is 0 Å². The number of nitrogens with one attached hydrogen (secondary N) is 3. The molecule has 3 heterocycles. The lowest BCUT2D eigenvalue weighted by molar-refractivity contribution is 0.0330. The van der Waals surface area contributed by atoms with Crippen LogP contribution in [0.3, 0.4) is 0 Å². The minimum absolute atomic E-state index is 0.0389. The normalized spacial score (nSPS) is 14.1. The number of rotatable bonds is 7. The quantitative estimate of drug-likeness (QED) is 0.302. The Bertz CT molecular complexity index is 1550. The number of aromatic hydroxyl groups is 1. The molecule has 1 aliphatic carbocycles. The maximum absolute atomic E-state index is 13.4. The van der Waals surface area contributed by atoms with Crippen LogP contribution in [0.25, 0.3) is 0 Å². The Morgan fingerprint density at radius 1 is 0.932 bits per heavy atom. The molecule has 0 aliphatic heterocycles. The van der Waals surface area contributed by atoms with E-state index in [0.717, 1.165) is 11.0 Å². The van der Waals surface area contributed by atoms with Crippen molar-refractivity contribution in [1.82, 2.24) is 30.2 Å². The first kappa shape index (κ1) is 31.9. The van der Waals surface area contributed by atoms with E-state index >= 15 is 0 Å². The van der Waals surface area contributed by atoms with Gasteiger partial charge >= 0.3 is 12.2 Å². The number of ether oxygens (including phenoxy) is 2. The van der Waals surface area contributed by atoms with E-state index in [-0.39, 0.29) is 35.3 Å². The number of hydrogen-bond acceptors (Lipinski definition) is 10. The molecule has 0 radical (unpaired) electrons. The molecule has 1 aliphatic rings. The summed E-state index contributed by atoms with van der Waals surface area (Å²) >= 11 is 0. The van der Waals surface area contributed by atoms with Crippen molar-refractivity contribution < 1.29 is 33.8 Å². The van der Waals surface area contributed by atoms with Gasteiger partial charge in [-0.05, 0) is 84.6 Å². The number of alkyl carbamates (subject to hydrolysis) is 1. The zero-order chi connectivity index (χ0) is 32.3. The number of anilines is 1. The molecule has 0 saturated heterocycles. The van der Waals surface area contributed by atoms with E-state index in [1.807, 2.05) is 0 Å². The van der Waals surface area contributed by atoms with E-state index in [2.05, 4.69) is 30.9 Å². The van der Waals surface area contributed by atoms with Crippen LogP contribution in [-0.2, 0) is 21.6 Å². The molecule has 1 saturated carbocycles. The molecular formula is C30H37N7O7. The van der Waals surface area contributed by atoms with Crippen molar-refractivity contribution in [2.45, 2.75) is 84.1 Å². The highest BCUT2D eigenvalue weighted by Crippen LogP contribution is 2.41. The molecule has 0 atom stereocenters. The molecule has 3 amide bonds. The average Bonchev–Trinajstić information content (AvgIpc) is 3.34. The lowest BCUT2D eigenvalue weighted by Gasteiger charge is -2.41. The molecule has 1 fully saturated rings. The fourth-order valence-corrected chi connectivity index (χ4v) is 4.40. The lowest BCUT2D eigenvalue weighted by Crippen LogP contribution is -2.54. The maximum atomic E-state index is 13.4. The molecule has 14 heteroatoms. The van der Waals surface area contributed by atoms with Gasteiger partial charge in [0.1, 0.15) is 39.8 Å². The number of hydrogen-bond donors (Lipinski definition) is 4. The first-order chi connectivity index (χ1) is 20.6. The fourth-order valence-electron chi connectivity index (χ4n) is 4.40. The average molecular weight is 608 g/mol. The molecule has 0 spiro atoms. The second-order valence-electron chi connectivity index (χ2n) is 12.4. The smallest absolute Gasteiger partial charge is 0.420 e. The Kier molecular flexibility index (Phi) is 8.93. The van der Waals surface area contributed by atoms with E-state index in [4.69, 9.17) is 9.47 Å². The van der Waals surface area contributed by atoms with Crippen LogP contribution >= 0.6 is 0 Å². The lowest BCUT2D eigenvalue weighted by atomic mass is 9.76. The first-order valence-corrected chi connectivity index (χ1v) is 14.1. The highest BCUT2D eigenvalue weighted by Gasteiger charge is 2.47. The molecule has 3 aromatic heterocycles. The van der Waals surface area contributed by atoms with Gasteiger partial charge in [0.05, 0.1) is 6.20 Å². The van der Waals surface area contributed by atoms with Crippen LogP contribution in [0.2, 0.25) is 0 Å². The maximum Gasteiger partial charge on any atom is 0.420 e. The summed E-state index contributed by atoms with van der Waals surface area (Å²) in [6, 6.07) is 6.03. The number of aromatic nitrogens is 4. The van der Waals surface area contributed by atoms with E-state index in [9.17, 15) is 24.3 Å². The van der Waals surface area contributed by atoms with Gasteiger partial charge < -0.3 is 30.5 Å². The summed E-state index contributed by atoms with van der Waals surface area (Å²) in [5.74, 6) is -1.11. The molecule has 234 valence electrons. The summed E-state index contributed by atoms with van der Waals surface area (Å²) in [7, 11) is 0. The molecule has 14 nitrogen and oxygen atoms in total. The molecule has 0 unspecified atom stereocenters. The van der Waals surface area contributed by atoms with Gasteiger partial charge in [-0.1, -0.05) is 6.07 Å². The monoisotopic (exact) mass is 607 g/mol. The standard InChI is InChI=1S/C30H37N7O7/c1-28(2,3)43-26(41)36-30(12-8-13-30)25-34-17-19(37(25)27(42)44-29(4,5)6)23(39)33-16-18-10-11-21(32-15-18)35-24(40)22-20(38)9-7-14-31-22/h7,9-11,14-15,17,38H,8,12-13,16H2,1-6H3,(H,33,39)(H,36,41)(H,32,35,40). The summed E-state index contributed by atoms with van der Waals surface area (Å²) in [5.41, 5.74) is -2.23. The SMILES string of the molecule is CC(C)(C)OC(=O)NC1(c2ncc(C(=O)NCc3ccc(NC(=O)c4ncccc4O)nc3)n2C(=O)OC(C)(C)C)CCC1. The Morgan fingerprint density at radius 3 is 2.20 bits per heavy atom. The summed E-state index contributed by atoms with van der Waals surface area (Å²) < 4.78 is 12.1. The van der Waals surface area contributed by atoms with Crippen LogP contribution in [-0.4, -0.2) is 59.8 Å². The van der Waals surface area contributed by atoms with Crippen molar-refractivity contribution in [3.63, 3.8) is 0 Å². The number of pyridine rings is 2. The molecule has 0 bridgehead atoms. The van der Waals surface area contributed by atoms with Crippen LogP contribution < -0.4 is 16.0 Å². The minimum atomic E-state index is -1.02. The highest BCUT2D eigenvalue weighted by molar-refractivity contribution is 6.04. The number of carbonyl (C=O) groups excluding carboxylic acids is 4. The second-order valence-corrected chi connectivity index (χ2v) is 12.4. The Labute approximate surface area is 254 Å². The minimum Gasteiger partial charge on any atom is -0.505 e. The summed E-state index contributed by atoms with van der Waals surface area (Å²) in [4.78, 5) is 64.3. The van der Waals surface area contributed by atoms with Gasteiger partial charge in [-0.3, -0.25) is 9.59 Å². The van der Waals surface area contributed by atoms with Gasteiger partial charge in [-0.2, -0.15) is 0 Å². The largest absolute Gasteiger partial charge is 0.505 e. The third kappa shape index (κ3) is 7.68. The summed E-state index contributed by atoms with van der Waals surface area (Å²) in [6.07, 6.45) is 4.39. The van der Waals surface area contributed by atoms with Crippen LogP contribution in [0, 0.1) is 0 Å². The third-order valence-electron chi connectivity index (χ3n) is 6.47. The Morgan fingerprint density at radius 2 is 1.64 bits per heavy atom. The van der Waals surface area contributed by atoms with Gasteiger partial charge in [-0.25, -0.2) is 29.1 Å². The van der Waals surface area contributed by atoms with Crippen LogP contribution in [0.1, 0.15) is 93.2 Å². The van der Waals surface area contributed by atoms with Crippen LogP contribution in [0.4, 0.5) is 15.4 Å². The number of imidazole rings is 1. The topological polar surface area (TPSA) is 187 Å². The molecular weight excluding hydrogens is 570 g/mol. The fraction of sp³-hybridized carbons (Fsp3) is 0.433. The molecule has 4 N–H and O–H groups in total. The van der Waals surface area contributed by atoms with E-state index in [1.165, 1.54) is 36.8 Å². The van der Waals surface area contributed by atoms with Crippen molar-refractivity contribution in [3.05, 3.63) is 65.6 Å². The van der Waals surface area contributed by atoms with Crippen molar-refractivity contribution >= 4 is 29.8 Å². The van der Waals surface area contributed by atoms with Crippen LogP contribution in [0.15, 0.2) is 42.9 Å². The molecule has 3 aromatic rings. The molecule has 44 heavy (non-hydrogen) atoms. The zero-order valence-corrected chi connectivity index (χ0v) is 25.6. The highest BCUT2D eigenvalue weighted by atomic mass is 16.6. The molecule has 0 aromatic carbocycles. The van der Waals surface area contributed by atoms with E-state index < -0.39 is 40.7 Å². The summed E-state index contributed by atoms with van der Waals surface area (Å²) in [5, 5.41) is 18.0. The van der Waals surface area contributed by atoms with E-state index in [0.29, 0.717) is 18.4 Å². The number of carbonyl (C=O) groups is 4. The van der Waals surface area contributed by atoms with Crippen molar-refractivity contribution in [2.24, 2.45) is 0 Å². The number of amides is 3. The summed E-state index contributed by atoms with van der Waals surface area (Å²) in [6.45, 7) is 10.4. The first-order valence-electron chi connectivity index (χ1n) is 14.1. The van der Waals surface area contributed by atoms with Gasteiger partial charge in [0, 0.05) is 18.9 Å². The van der Waals surface area contributed by atoms with Crippen molar-refractivity contribution in [1.29, 1.82) is 0 Å². The second kappa shape index (κ2) is 12.3. The van der Waals surface area contributed by atoms with E-state index in [1.54, 1.807) is 47.6 Å². The Hall–Kier alpha value is -5.01. The zero-order valence-electron chi connectivity index (χ0n) is 25.6. The predicted octanol–water partition coefficient (Wildman–Crippen LogP) is 4.25. The third-order valence-corrected chi connectivity index (χ3v) is 6.47. The van der Waals surface area contributed by atoms with Gasteiger partial charge in [-0.15, -0.1) is 0 Å². The van der Waals surface area contributed by atoms with Crippen molar-refractivity contribution in [3.8, 4) is 5.75 Å². The predicted molar refractivity (Wildman–Crippen MR) is 158 cm³/mol. The van der Waals surface area contributed by atoms with Crippen molar-refractivity contribution in [2.75, 3.05) is 5.32 Å². The Balaban J connectivity index is 1.51. The van der Waals surface area contributed by atoms with Gasteiger partial charge in [0.25, 0.3) is 11.8 Å². The molecule has 4 rings (SSSR count).